The molecule has 0 unspecified atom stereocenters. The molecule has 5 heteroatoms. The number of aromatic nitrogens is 3. The summed E-state index contributed by atoms with van der Waals surface area (Å²) < 4.78 is 1.98. The normalized spacial score (nSPS) is 18.4. The predicted octanol–water partition coefficient (Wildman–Crippen LogP) is 1.18. The minimum absolute atomic E-state index is 0.261. The average molecular weight is 246 g/mol. The van der Waals surface area contributed by atoms with E-state index in [2.05, 4.69) is 14.9 Å². The van der Waals surface area contributed by atoms with Crippen LogP contribution in [0.4, 0.5) is 5.82 Å². The van der Waals surface area contributed by atoms with Gasteiger partial charge in [0.25, 0.3) is 0 Å². The summed E-state index contributed by atoms with van der Waals surface area (Å²) in [6.45, 7) is 5.36. The zero-order chi connectivity index (χ0) is 12.9. The van der Waals surface area contributed by atoms with Crippen LogP contribution in [0.3, 0.4) is 0 Å². The van der Waals surface area contributed by atoms with Gasteiger partial charge in [0.1, 0.15) is 11.1 Å². The van der Waals surface area contributed by atoms with Crippen molar-refractivity contribution < 1.29 is 5.11 Å². The summed E-state index contributed by atoms with van der Waals surface area (Å²) in [5.41, 5.74) is 1.39. The zero-order valence-electron chi connectivity index (χ0n) is 11.0. The van der Waals surface area contributed by atoms with Gasteiger partial charge in [0.15, 0.2) is 5.82 Å². The van der Waals surface area contributed by atoms with E-state index >= 15 is 0 Å². The topological polar surface area (TPSA) is 54.2 Å². The third-order valence-corrected chi connectivity index (χ3v) is 3.93. The molecule has 3 heterocycles. The molecule has 0 amide bonds. The average Bonchev–Trinajstić information content (AvgIpc) is 2.67. The highest BCUT2D eigenvalue weighted by Crippen LogP contribution is 2.34. The predicted molar refractivity (Wildman–Crippen MR) is 70.5 cm³/mol. The van der Waals surface area contributed by atoms with E-state index < -0.39 is 5.60 Å². The summed E-state index contributed by atoms with van der Waals surface area (Å²) in [5.74, 6) is 1.13. The Balaban J connectivity index is 1.93. The first-order valence-corrected chi connectivity index (χ1v) is 6.24. The van der Waals surface area contributed by atoms with Crippen molar-refractivity contribution >= 4 is 16.9 Å². The summed E-state index contributed by atoms with van der Waals surface area (Å²) in [5, 5.41) is 10.3. The molecule has 0 aromatic carbocycles. The van der Waals surface area contributed by atoms with Gasteiger partial charge in [-0.05, 0) is 12.0 Å². The fourth-order valence-electron chi connectivity index (χ4n) is 2.41. The fraction of sp³-hybridized carbons (Fsp3) is 0.538. The number of aliphatic hydroxyl groups is 1. The van der Waals surface area contributed by atoms with E-state index in [9.17, 15) is 5.11 Å². The van der Waals surface area contributed by atoms with Crippen molar-refractivity contribution in [2.45, 2.75) is 19.4 Å². The molecule has 5 nitrogen and oxygen atoms in total. The van der Waals surface area contributed by atoms with Gasteiger partial charge in [-0.2, -0.15) is 0 Å². The zero-order valence-corrected chi connectivity index (χ0v) is 11.0. The number of imidazole rings is 1. The van der Waals surface area contributed by atoms with Gasteiger partial charge >= 0.3 is 0 Å². The number of fused-ring (bicyclic) bond motifs is 1. The summed E-state index contributed by atoms with van der Waals surface area (Å²) in [6, 6.07) is 1.96. The first-order valence-electron chi connectivity index (χ1n) is 6.24. The molecule has 1 aliphatic rings. The summed E-state index contributed by atoms with van der Waals surface area (Å²) in [6.07, 6.45) is 3.59. The summed E-state index contributed by atoms with van der Waals surface area (Å²) in [7, 11) is 1.97. The van der Waals surface area contributed by atoms with Crippen molar-refractivity contribution in [2.75, 3.05) is 18.0 Å². The van der Waals surface area contributed by atoms with Crippen molar-refractivity contribution in [3.05, 3.63) is 18.6 Å². The van der Waals surface area contributed by atoms with Gasteiger partial charge in [-0.25, -0.2) is 9.97 Å². The molecular weight excluding hydrogens is 228 g/mol. The van der Waals surface area contributed by atoms with Gasteiger partial charge in [-0.3, -0.25) is 0 Å². The molecule has 3 rings (SSSR count). The molecule has 2 aromatic heterocycles. The van der Waals surface area contributed by atoms with Gasteiger partial charge < -0.3 is 14.6 Å². The Labute approximate surface area is 106 Å². The Morgan fingerprint density at radius 2 is 2.06 bits per heavy atom. The summed E-state index contributed by atoms with van der Waals surface area (Å²) >= 11 is 0. The Morgan fingerprint density at radius 3 is 2.72 bits per heavy atom. The van der Waals surface area contributed by atoms with Gasteiger partial charge in [0, 0.05) is 13.2 Å². The number of hydrogen-bond donors (Lipinski definition) is 1. The van der Waals surface area contributed by atoms with Crippen LogP contribution in [0.1, 0.15) is 13.8 Å². The third-order valence-electron chi connectivity index (χ3n) is 3.93. The van der Waals surface area contributed by atoms with Crippen LogP contribution in [0, 0.1) is 5.92 Å². The van der Waals surface area contributed by atoms with Gasteiger partial charge in [-0.15, -0.1) is 0 Å². The highest BCUT2D eigenvalue weighted by Gasteiger charge is 2.44. The van der Waals surface area contributed by atoms with Crippen molar-refractivity contribution in [2.24, 2.45) is 13.0 Å². The van der Waals surface area contributed by atoms with E-state index in [0.717, 1.165) is 16.9 Å². The lowest BCUT2D eigenvalue weighted by molar-refractivity contribution is -0.0303. The highest BCUT2D eigenvalue weighted by molar-refractivity contribution is 5.86. The number of nitrogens with zero attached hydrogens (tertiary/aromatic N) is 4. The highest BCUT2D eigenvalue weighted by atomic mass is 16.3. The molecule has 96 valence electrons. The van der Waals surface area contributed by atoms with E-state index in [1.807, 2.05) is 31.5 Å². The molecule has 0 saturated carbocycles. The first-order chi connectivity index (χ1) is 8.51. The van der Waals surface area contributed by atoms with Crippen molar-refractivity contribution in [1.82, 2.24) is 14.5 Å². The number of aryl methyl sites for hydroxylation is 1. The minimum Gasteiger partial charge on any atom is -0.386 e. The standard InChI is InChI=1S/C13H18N4O/c1-9(2)13(18)6-17(7-13)12-11-10(4-5-14-12)16(3)8-15-11/h4-5,8-9,18H,6-7H2,1-3H3. The molecule has 1 N–H and O–H groups in total. The first kappa shape index (κ1) is 11.5. The minimum atomic E-state index is -0.585. The Kier molecular flexibility index (Phi) is 2.35. The van der Waals surface area contributed by atoms with Crippen LogP contribution < -0.4 is 4.90 Å². The van der Waals surface area contributed by atoms with Crippen molar-refractivity contribution in [3.8, 4) is 0 Å². The van der Waals surface area contributed by atoms with Crippen molar-refractivity contribution in [3.63, 3.8) is 0 Å². The lowest BCUT2D eigenvalue weighted by Gasteiger charge is -2.49. The fourth-order valence-corrected chi connectivity index (χ4v) is 2.41. The van der Waals surface area contributed by atoms with Crippen LogP contribution in [0.15, 0.2) is 18.6 Å². The number of rotatable bonds is 2. The molecule has 2 aromatic rings. The van der Waals surface area contributed by atoms with E-state index in [1.165, 1.54) is 0 Å². The number of anilines is 1. The van der Waals surface area contributed by atoms with Crippen molar-refractivity contribution in [1.29, 1.82) is 0 Å². The van der Waals surface area contributed by atoms with Crippen LogP contribution >= 0.6 is 0 Å². The molecule has 0 atom stereocenters. The van der Waals surface area contributed by atoms with Gasteiger partial charge in [0.2, 0.25) is 0 Å². The van der Waals surface area contributed by atoms with Crippen LogP contribution in [0.2, 0.25) is 0 Å². The van der Waals surface area contributed by atoms with Crippen LogP contribution in [0.25, 0.3) is 11.0 Å². The SMILES string of the molecule is CC(C)C1(O)CN(c2nccc3c2ncn3C)C1. The second-order valence-electron chi connectivity index (χ2n) is 5.47. The molecule has 0 bridgehead atoms. The second-order valence-corrected chi connectivity index (χ2v) is 5.47. The molecule has 1 fully saturated rings. The lowest BCUT2D eigenvalue weighted by Crippen LogP contribution is -2.65. The van der Waals surface area contributed by atoms with Crippen LogP contribution in [-0.4, -0.2) is 38.3 Å². The maximum absolute atomic E-state index is 10.3. The van der Waals surface area contributed by atoms with E-state index in [1.54, 1.807) is 12.5 Å². The molecule has 0 spiro atoms. The monoisotopic (exact) mass is 246 g/mol. The number of β-amino-alcohol motifs (C(OH)–C–C–N with tert-alkyl or cyclic N) is 1. The molecule has 1 saturated heterocycles. The summed E-state index contributed by atoms with van der Waals surface area (Å²) in [4.78, 5) is 10.9. The van der Waals surface area contributed by atoms with E-state index in [-0.39, 0.29) is 5.92 Å². The lowest BCUT2D eigenvalue weighted by atomic mass is 9.83. The molecule has 0 aliphatic carbocycles. The molecular formula is C13H18N4O. The van der Waals surface area contributed by atoms with E-state index in [0.29, 0.717) is 13.1 Å². The van der Waals surface area contributed by atoms with Gasteiger partial charge in [-0.1, -0.05) is 13.8 Å². The molecule has 18 heavy (non-hydrogen) atoms. The molecule has 0 radical (unpaired) electrons. The molecule has 1 aliphatic heterocycles. The van der Waals surface area contributed by atoms with Crippen LogP contribution in [-0.2, 0) is 7.05 Å². The Morgan fingerprint density at radius 1 is 1.33 bits per heavy atom. The maximum Gasteiger partial charge on any atom is 0.156 e. The number of pyridine rings is 1. The quantitative estimate of drug-likeness (QED) is 0.864. The van der Waals surface area contributed by atoms with E-state index in [4.69, 9.17) is 0 Å². The Bertz CT molecular complexity index is 584. The number of hydrogen-bond acceptors (Lipinski definition) is 4. The smallest absolute Gasteiger partial charge is 0.156 e. The Hall–Kier alpha value is -1.62. The van der Waals surface area contributed by atoms with Gasteiger partial charge in [0.05, 0.1) is 24.9 Å². The second kappa shape index (κ2) is 3.68. The maximum atomic E-state index is 10.3. The van der Waals surface area contributed by atoms with Crippen LogP contribution in [0.5, 0.6) is 0 Å². The third kappa shape index (κ3) is 1.50. The largest absolute Gasteiger partial charge is 0.386 e.